The molecule has 12 heteroatoms. The third kappa shape index (κ3) is 6.20. The summed E-state index contributed by atoms with van der Waals surface area (Å²) in [5.41, 5.74) is 5.02. The predicted octanol–water partition coefficient (Wildman–Crippen LogP) is 3.18. The Balaban J connectivity index is 1.64. The summed E-state index contributed by atoms with van der Waals surface area (Å²) in [7, 11) is -2.53. The molecule has 1 atom stereocenters. The van der Waals surface area contributed by atoms with Gasteiger partial charge in [-0.2, -0.15) is 4.72 Å². The van der Waals surface area contributed by atoms with E-state index in [2.05, 4.69) is 31.4 Å². The van der Waals surface area contributed by atoms with Gasteiger partial charge in [0.25, 0.3) is 5.91 Å². The molecule has 0 saturated heterocycles. The number of sulfonamides is 1. The maximum absolute atomic E-state index is 13.4. The van der Waals surface area contributed by atoms with Gasteiger partial charge in [-0.3, -0.25) is 4.79 Å². The lowest BCUT2D eigenvalue weighted by Gasteiger charge is -2.28. The first-order valence-corrected chi connectivity index (χ1v) is 13.2. The number of anilines is 3. The molecule has 1 unspecified atom stereocenters. The number of hydrogen-bond acceptors (Lipinski definition) is 7. The molecule has 7 N–H and O–H groups in total. The fraction of sp³-hybridized carbons (Fsp3) is 0.200. The van der Waals surface area contributed by atoms with E-state index in [9.17, 15) is 13.2 Å². The largest absolute Gasteiger partial charge is 0.497 e. The number of benzene rings is 3. The second-order valence-corrected chi connectivity index (χ2v) is 11.2. The van der Waals surface area contributed by atoms with E-state index in [0.717, 1.165) is 0 Å². The van der Waals surface area contributed by atoms with Gasteiger partial charge in [0.05, 0.1) is 34.1 Å². The van der Waals surface area contributed by atoms with Gasteiger partial charge < -0.3 is 26.4 Å². The zero-order valence-corrected chi connectivity index (χ0v) is 22.1. The predicted molar refractivity (Wildman–Crippen MR) is 145 cm³/mol. The van der Waals surface area contributed by atoms with Crippen molar-refractivity contribution in [2.24, 2.45) is 4.99 Å². The number of carbonyl (C=O) groups is 1. The van der Waals surface area contributed by atoms with E-state index in [0.29, 0.717) is 33.5 Å². The Hall–Kier alpha value is -3.64. The summed E-state index contributed by atoms with van der Waals surface area (Å²) in [4.78, 5) is 16.9. The van der Waals surface area contributed by atoms with Gasteiger partial charge in [0.2, 0.25) is 10.0 Å². The molecular weight excluding hydrogens is 516 g/mol. The zero-order chi connectivity index (χ0) is 26.8. The van der Waals surface area contributed by atoms with E-state index < -0.39 is 21.7 Å². The number of fused-ring (bicyclic) bond motifs is 1. The Bertz CT molecular complexity index is 1470. The lowest BCUT2D eigenvalue weighted by atomic mass is 10.1. The van der Waals surface area contributed by atoms with Crippen LogP contribution >= 0.6 is 11.6 Å². The van der Waals surface area contributed by atoms with Gasteiger partial charge in [0, 0.05) is 11.8 Å². The lowest BCUT2D eigenvalue weighted by molar-refractivity contribution is -0.444. The van der Waals surface area contributed by atoms with E-state index in [1.165, 1.54) is 19.2 Å². The first-order valence-electron chi connectivity index (χ1n) is 11.3. The van der Waals surface area contributed by atoms with Crippen LogP contribution in [0.5, 0.6) is 5.75 Å². The van der Waals surface area contributed by atoms with Crippen LogP contribution < -0.4 is 31.1 Å². The highest BCUT2D eigenvalue weighted by molar-refractivity contribution is 7.89. The second-order valence-electron chi connectivity index (χ2n) is 9.05. The van der Waals surface area contributed by atoms with Crippen LogP contribution in [0.2, 0.25) is 5.02 Å². The molecule has 1 heterocycles. The number of amidine groups is 1. The highest BCUT2D eigenvalue weighted by atomic mass is 35.5. The van der Waals surface area contributed by atoms with Crippen LogP contribution in [0.1, 0.15) is 13.8 Å². The Morgan fingerprint density at radius 3 is 2.59 bits per heavy atom. The van der Waals surface area contributed by atoms with Crippen LogP contribution in [0.25, 0.3) is 0 Å². The van der Waals surface area contributed by atoms with Crippen molar-refractivity contribution >= 4 is 56.1 Å². The minimum Gasteiger partial charge on any atom is -0.497 e. The normalized spacial score (nSPS) is 15.2. The average molecular weight is 544 g/mol. The topological polar surface area (TPSA) is 149 Å². The molecule has 0 aliphatic carbocycles. The van der Waals surface area contributed by atoms with Crippen LogP contribution in [-0.2, 0) is 14.8 Å². The van der Waals surface area contributed by atoms with Crippen molar-refractivity contribution in [2.45, 2.75) is 30.4 Å². The Morgan fingerprint density at radius 1 is 1.11 bits per heavy atom. The number of nitrogens with zero attached hydrogens (tertiary/aromatic N) is 1. The number of methoxy groups -OCH3 is 1. The molecule has 1 amide bonds. The molecule has 0 aromatic heterocycles. The molecule has 0 bridgehead atoms. The van der Waals surface area contributed by atoms with Crippen molar-refractivity contribution in [2.75, 3.05) is 23.1 Å². The third-order valence-corrected chi connectivity index (χ3v) is 7.19. The molecule has 1 aliphatic rings. The van der Waals surface area contributed by atoms with E-state index in [4.69, 9.17) is 16.3 Å². The first-order chi connectivity index (χ1) is 17.5. The number of nitrogens with one attached hydrogen (secondary N) is 4. The molecule has 1 aliphatic heterocycles. The summed E-state index contributed by atoms with van der Waals surface area (Å²) in [5.74, 6) is 0.508. The summed E-state index contributed by atoms with van der Waals surface area (Å²) in [6, 6.07) is 18.3. The highest BCUT2D eigenvalue weighted by Crippen LogP contribution is 2.32. The van der Waals surface area contributed by atoms with Gasteiger partial charge in [0.15, 0.2) is 5.54 Å². The summed E-state index contributed by atoms with van der Waals surface area (Å²) < 4.78 is 34.7. The van der Waals surface area contributed by atoms with Gasteiger partial charge in [-0.25, -0.2) is 13.4 Å². The lowest BCUT2D eigenvalue weighted by Crippen LogP contribution is -2.74. The summed E-state index contributed by atoms with van der Waals surface area (Å²) >= 11 is 6.37. The van der Waals surface area contributed by atoms with Crippen LogP contribution in [0, 0.1) is 0 Å². The van der Waals surface area contributed by atoms with Crippen LogP contribution in [0.15, 0.2) is 76.6 Å². The maximum Gasteiger partial charge on any atom is 0.285 e. The standard InChI is InChI=1S/C25H27ClN6O4S/c1-25(2,27)24(33)28-15-7-6-8-17(13-15)37(34,35)32-23-22(29-19-9-4-5-10-20(19)30-23)31-21-14-16(36-3)11-12-18(21)26/h4-14,23,30,32H,27H2,1-3H3,(H,28,33)(H,29,31)/p+1. The molecule has 37 heavy (non-hydrogen) atoms. The average Bonchev–Trinajstić information content (AvgIpc) is 2.85. The third-order valence-electron chi connectivity index (χ3n) is 5.44. The van der Waals surface area contributed by atoms with Crippen molar-refractivity contribution < 1.29 is 23.7 Å². The number of rotatable bonds is 7. The number of para-hydroxylation sites is 2. The van der Waals surface area contributed by atoms with Gasteiger partial charge >= 0.3 is 0 Å². The number of amides is 1. The summed E-state index contributed by atoms with van der Waals surface area (Å²) in [5, 5.41) is 9.40. The van der Waals surface area contributed by atoms with Crippen molar-refractivity contribution in [3.63, 3.8) is 0 Å². The number of quaternary nitrogens is 1. The highest BCUT2D eigenvalue weighted by Gasteiger charge is 2.30. The molecule has 4 rings (SSSR count). The molecule has 0 fully saturated rings. The van der Waals surface area contributed by atoms with E-state index in [1.54, 1.807) is 56.3 Å². The molecular formula is C25H28ClN6O4S+. The molecule has 10 nitrogen and oxygen atoms in total. The van der Waals surface area contributed by atoms with Crippen LogP contribution in [0.3, 0.4) is 0 Å². The molecule has 3 aromatic carbocycles. The van der Waals surface area contributed by atoms with Gasteiger partial charge in [-0.15, -0.1) is 0 Å². The molecule has 194 valence electrons. The SMILES string of the molecule is COc1ccc(Cl)c(NC2=Nc3ccccc3NC2NS(=O)(=O)c2cccc(NC(=O)C(C)(C)[NH3+])c2)c1. The molecule has 0 saturated carbocycles. The Labute approximate surface area is 220 Å². The first kappa shape index (κ1) is 26.4. The van der Waals surface area contributed by atoms with Gasteiger partial charge in [0.1, 0.15) is 17.8 Å². The quantitative estimate of drug-likeness (QED) is 0.309. The number of carbonyl (C=O) groups excluding carboxylic acids is 1. The van der Waals surface area contributed by atoms with Crippen molar-refractivity contribution in [1.82, 2.24) is 4.72 Å². The number of halogens is 1. The van der Waals surface area contributed by atoms with Crippen LogP contribution in [0.4, 0.5) is 22.7 Å². The fourth-order valence-electron chi connectivity index (χ4n) is 3.43. The van der Waals surface area contributed by atoms with Crippen LogP contribution in [-0.4, -0.2) is 39.0 Å². The van der Waals surface area contributed by atoms with E-state index in [-0.39, 0.29) is 16.6 Å². The minimum absolute atomic E-state index is 0.0356. The maximum atomic E-state index is 13.4. The summed E-state index contributed by atoms with van der Waals surface area (Å²) in [6.07, 6.45) is -0.959. The van der Waals surface area contributed by atoms with E-state index >= 15 is 0 Å². The van der Waals surface area contributed by atoms with E-state index in [1.807, 2.05) is 12.1 Å². The monoisotopic (exact) mass is 543 g/mol. The number of hydrogen-bond donors (Lipinski definition) is 5. The minimum atomic E-state index is -4.06. The fourth-order valence-corrected chi connectivity index (χ4v) is 4.75. The Morgan fingerprint density at radius 2 is 1.86 bits per heavy atom. The van der Waals surface area contributed by atoms with Crippen molar-refractivity contribution in [3.05, 3.63) is 71.8 Å². The molecule has 3 aromatic rings. The zero-order valence-electron chi connectivity index (χ0n) is 20.5. The van der Waals surface area contributed by atoms with Crippen molar-refractivity contribution in [1.29, 1.82) is 0 Å². The smallest absolute Gasteiger partial charge is 0.285 e. The molecule has 0 radical (unpaired) electrons. The second kappa shape index (κ2) is 10.4. The molecule has 0 spiro atoms. The van der Waals surface area contributed by atoms with Crippen molar-refractivity contribution in [3.8, 4) is 5.75 Å². The number of ether oxygens (including phenoxy) is 1. The Kier molecular flexibility index (Phi) is 7.42. The van der Waals surface area contributed by atoms with Gasteiger partial charge in [-0.1, -0.05) is 29.8 Å². The number of aliphatic imine (C=N–C) groups is 1. The van der Waals surface area contributed by atoms with Gasteiger partial charge in [-0.05, 0) is 56.3 Å². The summed E-state index contributed by atoms with van der Waals surface area (Å²) in [6.45, 7) is 3.33.